The first-order valence-electron chi connectivity index (χ1n) is 13.3. The minimum atomic E-state index is -3.73. The number of methoxy groups -OCH3 is 1. The molecule has 1 aliphatic heterocycles. The highest BCUT2D eigenvalue weighted by Gasteiger charge is 2.26. The van der Waals surface area contributed by atoms with Gasteiger partial charge in [0, 0.05) is 50.3 Å². The number of sulfonamides is 1. The van der Waals surface area contributed by atoms with E-state index in [1.54, 1.807) is 43.5 Å². The molecule has 1 aromatic heterocycles. The Labute approximate surface area is 239 Å². The summed E-state index contributed by atoms with van der Waals surface area (Å²) in [6.07, 6.45) is 3.83. The van der Waals surface area contributed by atoms with Gasteiger partial charge in [-0.3, -0.25) is 4.79 Å². The van der Waals surface area contributed by atoms with E-state index >= 15 is 0 Å². The Balaban J connectivity index is 1.37. The number of carbonyl (C=O) groups is 1. The first-order chi connectivity index (χ1) is 19.2. The highest BCUT2D eigenvalue weighted by molar-refractivity contribution is 7.89. The van der Waals surface area contributed by atoms with Gasteiger partial charge >= 0.3 is 0 Å². The monoisotopic (exact) mass is 584 g/mol. The van der Waals surface area contributed by atoms with E-state index in [1.165, 1.54) is 6.20 Å². The third-order valence-corrected chi connectivity index (χ3v) is 8.91. The van der Waals surface area contributed by atoms with E-state index in [0.29, 0.717) is 48.4 Å². The van der Waals surface area contributed by atoms with Crippen LogP contribution in [0.15, 0.2) is 53.6 Å². The maximum absolute atomic E-state index is 13.2. The van der Waals surface area contributed by atoms with Crippen molar-refractivity contribution in [3.63, 3.8) is 0 Å². The molecule has 0 unspecified atom stereocenters. The zero-order valence-corrected chi connectivity index (χ0v) is 24.1. The van der Waals surface area contributed by atoms with Crippen molar-refractivity contribution in [3.05, 3.63) is 70.6 Å². The van der Waals surface area contributed by atoms with Gasteiger partial charge in [-0.1, -0.05) is 23.7 Å². The summed E-state index contributed by atoms with van der Waals surface area (Å²) in [5.74, 6) is 1.70. The van der Waals surface area contributed by atoms with E-state index in [2.05, 4.69) is 24.9 Å². The molecule has 1 aliphatic carbocycles. The number of nitrogens with zero attached hydrogens (tertiary/aromatic N) is 4. The normalized spacial score (nSPS) is 16.1. The molecule has 1 saturated heterocycles. The number of halogens is 1. The number of rotatable bonds is 10. The number of aromatic nitrogens is 2. The quantitative estimate of drug-likeness (QED) is 0.372. The van der Waals surface area contributed by atoms with Gasteiger partial charge in [-0.15, -0.1) is 0 Å². The molecule has 0 bridgehead atoms. The topological polar surface area (TPSA) is 117 Å². The second-order valence-corrected chi connectivity index (χ2v) is 12.3. The van der Waals surface area contributed by atoms with Crippen molar-refractivity contribution in [2.75, 3.05) is 52.2 Å². The lowest BCUT2D eigenvalue weighted by molar-refractivity contribution is 0.0664. The summed E-state index contributed by atoms with van der Waals surface area (Å²) in [7, 11) is -0.104. The fourth-order valence-corrected chi connectivity index (χ4v) is 5.96. The summed E-state index contributed by atoms with van der Waals surface area (Å²) in [5, 5.41) is 3.33. The minimum Gasteiger partial charge on any atom is -0.496 e. The van der Waals surface area contributed by atoms with Gasteiger partial charge in [0.2, 0.25) is 10.0 Å². The van der Waals surface area contributed by atoms with Crippen molar-refractivity contribution in [3.8, 4) is 5.75 Å². The Morgan fingerprint density at radius 1 is 1.12 bits per heavy atom. The van der Waals surface area contributed by atoms with Gasteiger partial charge in [-0.2, -0.15) is 0 Å². The fraction of sp³-hybridized carbons (Fsp3) is 0.393. The van der Waals surface area contributed by atoms with E-state index in [1.807, 2.05) is 18.0 Å². The number of likely N-dealkylation sites (N-methyl/N-ethyl adjacent to an activating group) is 1. The van der Waals surface area contributed by atoms with Crippen molar-refractivity contribution < 1.29 is 17.9 Å². The van der Waals surface area contributed by atoms with E-state index in [9.17, 15) is 13.2 Å². The molecule has 0 radical (unpaired) electrons. The number of ether oxygens (including phenoxy) is 1. The number of amides is 1. The summed E-state index contributed by atoms with van der Waals surface area (Å²) in [6.45, 7) is 3.46. The lowest BCUT2D eigenvalue weighted by Crippen LogP contribution is -2.47. The van der Waals surface area contributed by atoms with Crippen LogP contribution in [0.5, 0.6) is 5.75 Å². The van der Waals surface area contributed by atoms with E-state index in [0.717, 1.165) is 31.5 Å². The number of nitrogens with one attached hydrogen (secondary N) is 2. The van der Waals surface area contributed by atoms with Gasteiger partial charge in [0.1, 0.15) is 21.5 Å². The third-order valence-electron chi connectivity index (χ3n) is 7.15. The predicted molar refractivity (Wildman–Crippen MR) is 154 cm³/mol. The summed E-state index contributed by atoms with van der Waals surface area (Å²) < 4.78 is 34.2. The van der Waals surface area contributed by atoms with Crippen LogP contribution >= 0.6 is 11.6 Å². The third kappa shape index (κ3) is 6.72. The fourth-order valence-electron chi connectivity index (χ4n) is 4.55. The Bertz CT molecular complexity index is 1490. The predicted octanol–water partition coefficient (Wildman–Crippen LogP) is 3.55. The molecule has 3 aromatic rings. The number of hydrogen-bond acceptors (Lipinski definition) is 8. The van der Waals surface area contributed by atoms with E-state index < -0.39 is 10.0 Å². The molecule has 2 N–H and O–H groups in total. The molecule has 1 amide bonds. The Morgan fingerprint density at radius 2 is 1.88 bits per heavy atom. The van der Waals surface area contributed by atoms with Crippen molar-refractivity contribution in [2.24, 2.45) is 5.92 Å². The molecule has 12 heteroatoms. The van der Waals surface area contributed by atoms with Crippen LogP contribution in [0.3, 0.4) is 0 Å². The van der Waals surface area contributed by atoms with Gasteiger partial charge in [-0.25, -0.2) is 23.1 Å². The SMILES string of the molecule is COc1ccc(C(=O)N2CCN(C)CC2)cc1Cc1ncc(Cl)c(Nc2ccccc2S(=O)(=O)NCC2CC2)n1. The molecule has 2 fully saturated rings. The number of anilines is 2. The summed E-state index contributed by atoms with van der Waals surface area (Å²) in [4.78, 5) is 26.3. The Kier molecular flexibility index (Phi) is 8.55. The average Bonchev–Trinajstić information content (AvgIpc) is 3.79. The van der Waals surface area contributed by atoms with Crippen LogP contribution in [0.4, 0.5) is 11.5 Å². The van der Waals surface area contributed by atoms with Crippen molar-refractivity contribution in [2.45, 2.75) is 24.2 Å². The van der Waals surface area contributed by atoms with Crippen LogP contribution in [0.25, 0.3) is 0 Å². The molecule has 1 saturated carbocycles. The molecule has 212 valence electrons. The molecule has 0 atom stereocenters. The molecule has 2 aromatic carbocycles. The minimum absolute atomic E-state index is 0.0236. The first-order valence-corrected chi connectivity index (χ1v) is 15.1. The van der Waals surface area contributed by atoms with Crippen LogP contribution in [0.2, 0.25) is 5.02 Å². The van der Waals surface area contributed by atoms with Crippen LogP contribution in [0, 0.1) is 5.92 Å². The molecule has 2 aliphatic rings. The molecule has 0 spiro atoms. The zero-order valence-electron chi connectivity index (χ0n) is 22.6. The Hall–Kier alpha value is -3.25. The van der Waals surface area contributed by atoms with E-state index in [4.69, 9.17) is 16.3 Å². The van der Waals surface area contributed by atoms with Gasteiger partial charge < -0.3 is 19.9 Å². The first kappa shape index (κ1) is 28.3. The Morgan fingerprint density at radius 3 is 2.60 bits per heavy atom. The van der Waals surface area contributed by atoms with Gasteiger partial charge in [0.05, 0.1) is 19.0 Å². The molecule has 10 nitrogen and oxygen atoms in total. The molecular weight excluding hydrogens is 552 g/mol. The number of benzene rings is 2. The number of carbonyl (C=O) groups excluding carboxylic acids is 1. The van der Waals surface area contributed by atoms with Crippen LogP contribution in [-0.4, -0.2) is 81.0 Å². The van der Waals surface area contributed by atoms with Gasteiger partial charge in [0.25, 0.3) is 5.91 Å². The van der Waals surface area contributed by atoms with E-state index in [-0.39, 0.29) is 28.1 Å². The van der Waals surface area contributed by atoms with Gasteiger partial charge in [-0.05, 0) is 56.1 Å². The van der Waals surface area contributed by atoms with Crippen molar-refractivity contribution >= 4 is 39.0 Å². The summed E-state index contributed by atoms with van der Waals surface area (Å²) >= 11 is 6.42. The van der Waals surface area contributed by atoms with Crippen LogP contribution < -0.4 is 14.8 Å². The zero-order chi connectivity index (χ0) is 28.3. The summed E-state index contributed by atoms with van der Waals surface area (Å²) in [5.41, 5.74) is 1.68. The molecule has 40 heavy (non-hydrogen) atoms. The maximum atomic E-state index is 13.2. The molecular formula is C28H33ClN6O4S. The second kappa shape index (κ2) is 12.1. The van der Waals surface area contributed by atoms with Crippen molar-refractivity contribution in [1.82, 2.24) is 24.5 Å². The lowest BCUT2D eigenvalue weighted by atomic mass is 10.0. The maximum Gasteiger partial charge on any atom is 0.253 e. The second-order valence-electron chi connectivity index (χ2n) is 10.2. The van der Waals surface area contributed by atoms with Crippen molar-refractivity contribution in [1.29, 1.82) is 0 Å². The lowest BCUT2D eigenvalue weighted by Gasteiger charge is -2.32. The van der Waals surface area contributed by atoms with Crippen LogP contribution in [0.1, 0.15) is 34.6 Å². The number of para-hydroxylation sites is 1. The van der Waals surface area contributed by atoms with Gasteiger partial charge in [0.15, 0.2) is 5.82 Å². The number of piperazine rings is 1. The smallest absolute Gasteiger partial charge is 0.253 e. The largest absolute Gasteiger partial charge is 0.496 e. The van der Waals surface area contributed by atoms with Crippen LogP contribution in [-0.2, 0) is 16.4 Å². The highest BCUT2D eigenvalue weighted by Crippen LogP contribution is 2.31. The average molecular weight is 585 g/mol. The highest BCUT2D eigenvalue weighted by atomic mass is 35.5. The molecule has 2 heterocycles. The molecule has 5 rings (SSSR count). The number of hydrogen-bond donors (Lipinski definition) is 2. The summed E-state index contributed by atoms with van der Waals surface area (Å²) in [6, 6.07) is 12.0. The standard InChI is InChI=1S/C28H33ClN6O4S/c1-34-11-13-35(14-12-34)28(36)20-9-10-24(39-2)21(15-20)16-26-30-18-22(29)27(33-26)32-23-5-3-4-6-25(23)40(37,38)31-17-19-7-8-19/h3-6,9-10,15,18-19,31H,7-8,11-14,16-17H2,1-2H3,(H,30,32,33).